The lowest BCUT2D eigenvalue weighted by molar-refractivity contribution is -0.165. The average Bonchev–Trinajstić information content (AvgIpc) is 2.16. The second-order valence-electron chi connectivity index (χ2n) is 3.29. The SMILES string of the molecule is CCOC(=O)C(F)(C(C)=O)[C@H](C)CC=O. The highest BCUT2D eigenvalue weighted by Gasteiger charge is 2.50. The maximum absolute atomic E-state index is 14.1. The van der Waals surface area contributed by atoms with Crippen LogP contribution in [0, 0.1) is 5.92 Å². The van der Waals surface area contributed by atoms with Crippen LogP contribution in [0.25, 0.3) is 0 Å². The van der Waals surface area contributed by atoms with E-state index in [9.17, 15) is 18.8 Å². The minimum Gasteiger partial charge on any atom is -0.463 e. The summed E-state index contributed by atoms with van der Waals surface area (Å²) in [5.41, 5.74) is -2.71. The molecule has 86 valence electrons. The Bertz CT molecular complexity index is 264. The molecule has 0 saturated heterocycles. The standard InChI is InChI=1S/C10H15FO4/c1-4-15-9(14)10(11,8(3)13)7(2)5-6-12/h6-7H,4-5H2,1-3H3/t7-,10?/m1/s1. The number of esters is 1. The average molecular weight is 218 g/mol. The highest BCUT2D eigenvalue weighted by molar-refractivity contribution is 6.06. The number of hydrogen-bond donors (Lipinski definition) is 0. The lowest BCUT2D eigenvalue weighted by Crippen LogP contribution is -2.48. The lowest BCUT2D eigenvalue weighted by atomic mass is 9.85. The Hall–Kier alpha value is -1.26. The van der Waals surface area contributed by atoms with Gasteiger partial charge in [0.25, 0.3) is 5.67 Å². The molecule has 0 bridgehead atoms. The van der Waals surface area contributed by atoms with Crippen LogP contribution in [0.1, 0.15) is 27.2 Å². The van der Waals surface area contributed by atoms with E-state index in [2.05, 4.69) is 4.74 Å². The van der Waals surface area contributed by atoms with Gasteiger partial charge in [0, 0.05) is 12.3 Å². The molecule has 2 atom stereocenters. The summed E-state index contributed by atoms with van der Waals surface area (Å²) in [6.07, 6.45) is 0.274. The molecule has 0 aliphatic carbocycles. The third-order valence-electron chi connectivity index (χ3n) is 2.21. The van der Waals surface area contributed by atoms with Crippen LogP contribution in [0.5, 0.6) is 0 Å². The van der Waals surface area contributed by atoms with Crippen LogP contribution in [0.4, 0.5) is 4.39 Å². The van der Waals surface area contributed by atoms with Gasteiger partial charge in [-0.15, -0.1) is 0 Å². The molecule has 0 spiro atoms. The summed E-state index contributed by atoms with van der Waals surface area (Å²) in [5.74, 6) is -3.16. The van der Waals surface area contributed by atoms with Gasteiger partial charge >= 0.3 is 5.97 Å². The number of alkyl halides is 1. The smallest absolute Gasteiger partial charge is 0.352 e. The molecule has 5 heteroatoms. The van der Waals surface area contributed by atoms with E-state index in [0.717, 1.165) is 6.92 Å². The Kier molecular flexibility index (Phi) is 5.11. The second kappa shape index (κ2) is 5.58. The molecule has 0 aliphatic heterocycles. The van der Waals surface area contributed by atoms with Crippen molar-refractivity contribution in [2.75, 3.05) is 6.61 Å². The number of aldehydes is 1. The molecule has 4 nitrogen and oxygen atoms in total. The van der Waals surface area contributed by atoms with Gasteiger partial charge in [-0.05, 0) is 13.8 Å². The van der Waals surface area contributed by atoms with E-state index in [-0.39, 0.29) is 13.0 Å². The summed E-state index contributed by atoms with van der Waals surface area (Å²) >= 11 is 0. The molecule has 0 saturated carbocycles. The second-order valence-corrected chi connectivity index (χ2v) is 3.29. The van der Waals surface area contributed by atoms with Crippen LogP contribution < -0.4 is 0 Å². The molecule has 0 N–H and O–H groups in total. The Balaban J connectivity index is 4.96. The lowest BCUT2D eigenvalue weighted by Gasteiger charge is -2.25. The highest BCUT2D eigenvalue weighted by Crippen LogP contribution is 2.27. The Morgan fingerprint density at radius 3 is 2.40 bits per heavy atom. The van der Waals surface area contributed by atoms with Gasteiger partial charge in [-0.1, -0.05) is 6.92 Å². The number of ketones is 1. The zero-order valence-electron chi connectivity index (χ0n) is 9.08. The first-order valence-electron chi connectivity index (χ1n) is 4.72. The normalized spacial score (nSPS) is 16.3. The first kappa shape index (κ1) is 13.7. The molecule has 0 rings (SSSR count). The summed E-state index contributed by atoms with van der Waals surface area (Å²) in [6, 6.07) is 0. The van der Waals surface area contributed by atoms with Crippen molar-refractivity contribution in [1.29, 1.82) is 0 Å². The molecule has 0 amide bonds. The molecule has 0 fully saturated rings. The van der Waals surface area contributed by atoms with Gasteiger partial charge in [0.15, 0.2) is 5.78 Å². The van der Waals surface area contributed by atoms with Crippen LogP contribution in [-0.2, 0) is 19.1 Å². The van der Waals surface area contributed by atoms with Crippen LogP contribution in [0.3, 0.4) is 0 Å². The van der Waals surface area contributed by atoms with Crippen molar-refractivity contribution in [3.05, 3.63) is 0 Å². The zero-order valence-corrected chi connectivity index (χ0v) is 9.08. The highest BCUT2D eigenvalue weighted by atomic mass is 19.1. The molecular formula is C10H15FO4. The Morgan fingerprint density at radius 2 is 2.07 bits per heavy atom. The van der Waals surface area contributed by atoms with E-state index in [1.807, 2.05) is 0 Å². The third-order valence-corrected chi connectivity index (χ3v) is 2.21. The number of carbonyl (C=O) groups excluding carboxylic acids is 3. The van der Waals surface area contributed by atoms with E-state index < -0.39 is 23.3 Å². The number of carbonyl (C=O) groups is 3. The number of Topliss-reactive ketones (excluding diaryl/α,β-unsaturated/α-hetero) is 1. The van der Waals surface area contributed by atoms with Gasteiger partial charge in [-0.2, -0.15) is 0 Å². The van der Waals surface area contributed by atoms with E-state index in [1.165, 1.54) is 13.8 Å². The van der Waals surface area contributed by atoms with Crippen molar-refractivity contribution >= 4 is 18.0 Å². The summed E-state index contributed by atoms with van der Waals surface area (Å²) < 4.78 is 18.6. The maximum atomic E-state index is 14.1. The van der Waals surface area contributed by atoms with E-state index >= 15 is 0 Å². The zero-order chi connectivity index (χ0) is 12.1. The molecule has 0 radical (unpaired) electrons. The van der Waals surface area contributed by atoms with Gasteiger partial charge in [0.05, 0.1) is 6.61 Å². The van der Waals surface area contributed by atoms with Crippen molar-refractivity contribution in [1.82, 2.24) is 0 Å². The molecule has 0 aromatic rings. The monoisotopic (exact) mass is 218 g/mol. The molecule has 0 heterocycles. The fraction of sp³-hybridized carbons (Fsp3) is 0.700. The molecule has 0 aromatic heterocycles. The summed E-state index contributed by atoms with van der Waals surface area (Å²) in [7, 11) is 0. The van der Waals surface area contributed by atoms with E-state index in [1.54, 1.807) is 0 Å². The molecule has 1 unspecified atom stereocenters. The van der Waals surface area contributed by atoms with Crippen molar-refractivity contribution < 1.29 is 23.5 Å². The maximum Gasteiger partial charge on any atom is 0.352 e. The number of hydrogen-bond acceptors (Lipinski definition) is 4. The first-order chi connectivity index (χ1) is 6.91. The van der Waals surface area contributed by atoms with E-state index in [4.69, 9.17) is 0 Å². The minimum absolute atomic E-state index is 0.00834. The van der Waals surface area contributed by atoms with Crippen LogP contribution in [-0.4, -0.2) is 30.3 Å². The number of halogens is 1. The van der Waals surface area contributed by atoms with Gasteiger partial charge in [-0.25, -0.2) is 9.18 Å². The third kappa shape index (κ3) is 2.84. The predicted molar refractivity (Wildman–Crippen MR) is 51.0 cm³/mol. The predicted octanol–water partition coefficient (Wildman–Crippen LogP) is 1.07. The van der Waals surface area contributed by atoms with E-state index in [0.29, 0.717) is 6.29 Å². The first-order valence-corrected chi connectivity index (χ1v) is 4.72. The molecular weight excluding hydrogens is 203 g/mol. The fourth-order valence-corrected chi connectivity index (χ4v) is 1.23. The number of rotatable bonds is 6. The topological polar surface area (TPSA) is 60.4 Å². The van der Waals surface area contributed by atoms with Gasteiger partial charge in [-0.3, -0.25) is 4.79 Å². The Morgan fingerprint density at radius 1 is 1.53 bits per heavy atom. The summed E-state index contributed by atoms with van der Waals surface area (Å²) in [5, 5.41) is 0. The summed E-state index contributed by atoms with van der Waals surface area (Å²) in [6.45, 7) is 3.80. The quantitative estimate of drug-likeness (QED) is 0.380. The summed E-state index contributed by atoms with van der Waals surface area (Å²) in [4.78, 5) is 32.6. The van der Waals surface area contributed by atoms with Crippen molar-refractivity contribution in [3.8, 4) is 0 Å². The van der Waals surface area contributed by atoms with Crippen LogP contribution in [0.2, 0.25) is 0 Å². The van der Waals surface area contributed by atoms with Gasteiger partial charge in [0.1, 0.15) is 6.29 Å². The van der Waals surface area contributed by atoms with Crippen molar-refractivity contribution in [3.63, 3.8) is 0 Å². The minimum atomic E-state index is -2.71. The van der Waals surface area contributed by atoms with Crippen LogP contribution >= 0.6 is 0 Å². The van der Waals surface area contributed by atoms with Gasteiger partial charge in [0.2, 0.25) is 0 Å². The number of ether oxygens (including phenoxy) is 1. The molecule has 0 aliphatic rings. The fourth-order valence-electron chi connectivity index (χ4n) is 1.23. The van der Waals surface area contributed by atoms with Gasteiger partial charge < -0.3 is 9.53 Å². The van der Waals surface area contributed by atoms with Crippen molar-refractivity contribution in [2.24, 2.45) is 5.92 Å². The Labute approximate surface area is 87.8 Å². The van der Waals surface area contributed by atoms with Crippen LogP contribution in [0.15, 0.2) is 0 Å². The largest absolute Gasteiger partial charge is 0.463 e. The molecule has 0 aromatic carbocycles. The molecule has 15 heavy (non-hydrogen) atoms. The van der Waals surface area contributed by atoms with Crippen molar-refractivity contribution in [2.45, 2.75) is 32.9 Å².